The zero-order chi connectivity index (χ0) is 13.8. The topological polar surface area (TPSA) is 49.3 Å². The van der Waals surface area contributed by atoms with E-state index >= 15 is 0 Å². The molecule has 2 unspecified atom stereocenters. The van der Waals surface area contributed by atoms with Gasteiger partial charge in [0.15, 0.2) is 0 Å². The highest BCUT2D eigenvalue weighted by molar-refractivity contribution is 6.34. The number of hydrogen-bond donors (Lipinski definition) is 2. The average Bonchev–Trinajstić information content (AvgIpc) is 2.40. The molecule has 1 aliphatic carbocycles. The first-order valence-corrected chi connectivity index (χ1v) is 7.18. The Morgan fingerprint density at radius 3 is 2.89 bits per heavy atom. The summed E-state index contributed by atoms with van der Waals surface area (Å²) in [7, 11) is 0. The molecule has 0 bridgehead atoms. The van der Waals surface area contributed by atoms with Crippen molar-refractivity contribution in [2.24, 2.45) is 5.92 Å². The molecule has 4 heteroatoms. The molecule has 0 spiro atoms. The van der Waals surface area contributed by atoms with Gasteiger partial charge in [-0.05, 0) is 31.4 Å². The van der Waals surface area contributed by atoms with Crippen LogP contribution in [0.2, 0.25) is 5.02 Å². The Morgan fingerprint density at radius 1 is 1.42 bits per heavy atom. The van der Waals surface area contributed by atoms with Crippen molar-refractivity contribution in [1.82, 2.24) is 5.32 Å². The Hall–Kier alpha value is -1.06. The quantitative estimate of drug-likeness (QED) is 0.895. The minimum absolute atomic E-state index is 0.161. The van der Waals surface area contributed by atoms with Crippen LogP contribution in [-0.2, 0) is 0 Å². The van der Waals surface area contributed by atoms with Gasteiger partial charge < -0.3 is 10.4 Å². The first kappa shape index (κ1) is 14.4. The number of hydrogen-bond acceptors (Lipinski definition) is 2. The third-order valence-corrected chi connectivity index (χ3v) is 4.33. The van der Waals surface area contributed by atoms with Gasteiger partial charge in [-0.2, -0.15) is 0 Å². The van der Waals surface area contributed by atoms with E-state index in [-0.39, 0.29) is 17.9 Å². The maximum absolute atomic E-state index is 12.1. The second-order valence-electron chi connectivity index (χ2n) is 5.26. The highest BCUT2D eigenvalue weighted by Gasteiger charge is 2.23. The third-order valence-electron chi connectivity index (χ3n) is 3.83. The minimum Gasteiger partial charge on any atom is -0.393 e. The van der Waals surface area contributed by atoms with Gasteiger partial charge >= 0.3 is 0 Å². The molecule has 0 radical (unpaired) electrons. The highest BCUT2D eigenvalue weighted by Crippen LogP contribution is 2.24. The van der Waals surface area contributed by atoms with Crippen molar-refractivity contribution in [1.29, 1.82) is 0 Å². The lowest BCUT2D eigenvalue weighted by Gasteiger charge is -2.27. The smallest absolute Gasteiger partial charge is 0.252 e. The lowest BCUT2D eigenvalue weighted by atomic mass is 9.86. The molecule has 0 heterocycles. The molecule has 2 N–H and O–H groups in total. The molecule has 19 heavy (non-hydrogen) atoms. The second kappa shape index (κ2) is 6.40. The standard InChI is InChI=1S/C15H20ClNO2/c1-10-5-4-7-12(14(10)16)15(19)17-9-11-6-2-3-8-13(11)18/h4-5,7,11,13,18H,2-3,6,8-9H2,1H3,(H,17,19). The number of rotatable bonds is 3. The molecule has 0 aromatic heterocycles. The normalized spacial score (nSPS) is 23.1. The zero-order valence-electron chi connectivity index (χ0n) is 11.2. The van der Waals surface area contributed by atoms with E-state index in [0.717, 1.165) is 31.2 Å². The molecule has 2 rings (SSSR count). The van der Waals surface area contributed by atoms with Crippen LogP contribution < -0.4 is 5.32 Å². The summed E-state index contributed by atoms with van der Waals surface area (Å²) in [6.45, 7) is 2.40. The fraction of sp³-hybridized carbons (Fsp3) is 0.533. The van der Waals surface area contributed by atoms with Crippen LogP contribution in [0.4, 0.5) is 0 Å². The fourth-order valence-electron chi connectivity index (χ4n) is 2.57. The van der Waals surface area contributed by atoms with Crippen molar-refractivity contribution in [2.45, 2.75) is 38.7 Å². The number of halogens is 1. The highest BCUT2D eigenvalue weighted by atomic mass is 35.5. The first-order valence-electron chi connectivity index (χ1n) is 6.81. The van der Waals surface area contributed by atoms with Crippen molar-refractivity contribution in [3.8, 4) is 0 Å². The number of carbonyl (C=O) groups excluding carboxylic acids is 1. The van der Waals surface area contributed by atoms with Gasteiger partial charge in [0.25, 0.3) is 5.91 Å². The summed E-state index contributed by atoms with van der Waals surface area (Å²) in [6.07, 6.45) is 3.73. The first-order chi connectivity index (χ1) is 9.09. The second-order valence-corrected chi connectivity index (χ2v) is 5.64. The number of benzene rings is 1. The van der Waals surface area contributed by atoms with Gasteiger partial charge in [0, 0.05) is 12.5 Å². The Morgan fingerprint density at radius 2 is 2.16 bits per heavy atom. The van der Waals surface area contributed by atoms with Crippen molar-refractivity contribution in [2.75, 3.05) is 6.54 Å². The molecule has 3 nitrogen and oxygen atoms in total. The van der Waals surface area contributed by atoms with E-state index in [4.69, 9.17) is 11.6 Å². The number of nitrogens with one attached hydrogen (secondary N) is 1. The van der Waals surface area contributed by atoms with Crippen LogP contribution in [0.1, 0.15) is 41.6 Å². The average molecular weight is 282 g/mol. The van der Waals surface area contributed by atoms with Crippen molar-refractivity contribution >= 4 is 17.5 Å². The lowest BCUT2D eigenvalue weighted by molar-refractivity contribution is 0.0663. The zero-order valence-corrected chi connectivity index (χ0v) is 11.9. The molecule has 0 saturated heterocycles. The molecule has 0 aliphatic heterocycles. The summed E-state index contributed by atoms with van der Waals surface area (Å²) >= 11 is 6.13. The predicted molar refractivity (Wildman–Crippen MR) is 76.5 cm³/mol. The Balaban J connectivity index is 1.95. The number of aryl methyl sites for hydroxylation is 1. The van der Waals surface area contributed by atoms with Gasteiger partial charge in [0.05, 0.1) is 16.7 Å². The summed E-state index contributed by atoms with van der Waals surface area (Å²) in [5.74, 6) is 0.00718. The van der Waals surface area contributed by atoms with Crippen LogP contribution in [0.3, 0.4) is 0 Å². The molecule has 1 fully saturated rings. The Labute approximate surface area is 119 Å². The molecule has 104 valence electrons. The van der Waals surface area contributed by atoms with Crippen LogP contribution in [-0.4, -0.2) is 23.7 Å². The number of aliphatic hydroxyl groups is 1. The van der Waals surface area contributed by atoms with E-state index in [9.17, 15) is 9.90 Å². The van der Waals surface area contributed by atoms with Gasteiger partial charge in [-0.3, -0.25) is 4.79 Å². The van der Waals surface area contributed by atoms with Crippen LogP contribution in [0.15, 0.2) is 18.2 Å². The van der Waals surface area contributed by atoms with Crippen molar-refractivity contribution in [3.05, 3.63) is 34.3 Å². The molecular formula is C15H20ClNO2. The lowest BCUT2D eigenvalue weighted by Crippen LogP contribution is -2.36. The van der Waals surface area contributed by atoms with Gasteiger partial charge in [-0.25, -0.2) is 0 Å². The van der Waals surface area contributed by atoms with E-state index in [2.05, 4.69) is 5.32 Å². The molecule has 2 atom stereocenters. The van der Waals surface area contributed by atoms with Gasteiger partial charge in [0.1, 0.15) is 0 Å². The summed E-state index contributed by atoms with van der Waals surface area (Å²) < 4.78 is 0. The van der Waals surface area contributed by atoms with E-state index < -0.39 is 0 Å². The fourth-order valence-corrected chi connectivity index (χ4v) is 2.78. The Bertz CT molecular complexity index is 461. The molecule has 1 aliphatic rings. The van der Waals surface area contributed by atoms with Crippen LogP contribution in [0.5, 0.6) is 0 Å². The largest absolute Gasteiger partial charge is 0.393 e. The summed E-state index contributed by atoms with van der Waals surface area (Å²) in [6, 6.07) is 5.43. The van der Waals surface area contributed by atoms with Gasteiger partial charge in [-0.15, -0.1) is 0 Å². The van der Waals surface area contributed by atoms with E-state index in [1.54, 1.807) is 6.07 Å². The van der Waals surface area contributed by atoms with Gasteiger partial charge in [-0.1, -0.05) is 36.6 Å². The number of amides is 1. The van der Waals surface area contributed by atoms with E-state index in [0.29, 0.717) is 17.1 Å². The summed E-state index contributed by atoms with van der Waals surface area (Å²) in [5, 5.41) is 13.3. The monoisotopic (exact) mass is 281 g/mol. The molecule has 1 aromatic carbocycles. The third kappa shape index (κ3) is 3.48. The van der Waals surface area contributed by atoms with Gasteiger partial charge in [0.2, 0.25) is 0 Å². The SMILES string of the molecule is Cc1cccc(C(=O)NCC2CCCCC2O)c1Cl. The summed E-state index contributed by atoms with van der Waals surface area (Å²) in [4.78, 5) is 12.1. The summed E-state index contributed by atoms with van der Waals surface area (Å²) in [5.41, 5.74) is 1.40. The maximum atomic E-state index is 12.1. The molecule has 1 amide bonds. The van der Waals surface area contributed by atoms with Crippen LogP contribution >= 0.6 is 11.6 Å². The van der Waals surface area contributed by atoms with Crippen molar-refractivity contribution in [3.63, 3.8) is 0 Å². The maximum Gasteiger partial charge on any atom is 0.252 e. The molecular weight excluding hydrogens is 262 g/mol. The number of aliphatic hydroxyl groups excluding tert-OH is 1. The Kier molecular flexibility index (Phi) is 4.83. The predicted octanol–water partition coefficient (Wildman–Crippen LogP) is 2.93. The van der Waals surface area contributed by atoms with Crippen molar-refractivity contribution < 1.29 is 9.90 Å². The molecule has 1 aromatic rings. The van der Waals surface area contributed by atoms with E-state index in [1.165, 1.54) is 0 Å². The minimum atomic E-state index is -0.290. The van der Waals surface area contributed by atoms with Crippen LogP contribution in [0, 0.1) is 12.8 Å². The number of carbonyl (C=O) groups is 1. The van der Waals surface area contributed by atoms with Crippen LogP contribution in [0.25, 0.3) is 0 Å². The molecule has 1 saturated carbocycles. The van der Waals surface area contributed by atoms with E-state index in [1.807, 2.05) is 19.1 Å².